The van der Waals surface area contributed by atoms with Crippen molar-refractivity contribution in [3.63, 3.8) is 0 Å². The number of carboxylic acids is 1. The summed E-state index contributed by atoms with van der Waals surface area (Å²) in [5.74, 6) is -2.61. The summed E-state index contributed by atoms with van der Waals surface area (Å²) in [4.78, 5) is 98.3. The molecule has 9 N–H and O–H groups in total. The number of H-pyrrole nitrogens is 2. The van der Waals surface area contributed by atoms with Crippen LogP contribution in [0.1, 0.15) is 115 Å². The summed E-state index contributed by atoms with van der Waals surface area (Å²) in [6.45, 7) is 13.5. The van der Waals surface area contributed by atoms with E-state index in [1.54, 1.807) is 30.5 Å². The number of rotatable bonds is 31. The number of hydrogen-bond donors (Lipinski definition) is 8. The van der Waals surface area contributed by atoms with Crippen LogP contribution in [-0.4, -0.2) is 147 Å². The number of hydrogen-bond acceptors (Lipinski definition) is 16. The maximum Gasteiger partial charge on any atom is 0.326 e. The molecule has 0 saturated carbocycles. The number of nitrogens with two attached hydrogens (primary N) is 1. The Kier molecular flexibility index (Phi) is 22.5. The maximum atomic E-state index is 13.3. The first-order valence-electron chi connectivity index (χ1n) is 24.0. The molecule has 0 bridgehead atoms. The zero-order chi connectivity index (χ0) is 52.4. The first-order chi connectivity index (χ1) is 33.5. The van der Waals surface area contributed by atoms with Crippen molar-refractivity contribution in [3.05, 3.63) is 57.5 Å². The van der Waals surface area contributed by atoms with E-state index in [0.717, 1.165) is 11.1 Å². The molecular formula is C49H73N7O14S. The average molecular weight is 1020 g/mol. The smallest absolute Gasteiger partial charge is 0.326 e. The number of aromatic nitrogens is 3. The van der Waals surface area contributed by atoms with Crippen molar-refractivity contribution in [2.45, 2.75) is 142 Å². The van der Waals surface area contributed by atoms with Gasteiger partial charge in [0.25, 0.3) is 11.5 Å². The van der Waals surface area contributed by atoms with Gasteiger partial charge in [-0.15, -0.1) is 0 Å². The molecule has 71 heavy (non-hydrogen) atoms. The van der Waals surface area contributed by atoms with Gasteiger partial charge in [0.15, 0.2) is 6.29 Å². The monoisotopic (exact) mass is 1020 g/mol. The molecule has 1 fully saturated rings. The molecule has 1 aliphatic heterocycles. The minimum Gasteiger partial charge on any atom is -0.480 e. The second-order valence-corrected chi connectivity index (χ2v) is 20.5. The first-order valence-corrected chi connectivity index (χ1v) is 25.1. The zero-order valence-corrected chi connectivity index (χ0v) is 42.8. The number of ether oxygens (including phenoxy) is 5. The van der Waals surface area contributed by atoms with Gasteiger partial charge in [0, 0.05) is 54.5 Å². The number of anilines is 1. The van der Waals surface area contributed by atoms with Crippen molar-refractivity contribution in [1.82, 2.24) is 30.9 Å². The van der Waals surface area contributed by atoms with Gasteiger partial charge in [-0.25, -0.2) is 4.79 Å². The van der Waals surface area contributed by atoms with Crippen LogP contribution in [0.5, 0.6) is 0 Å². The third-order valence-electron chi connectivity index (χ3n) is 11.9. The number of aliphatic hydroxyl groups is 1. The summed E-state index contributed by atoms with van der Waals surface area (Å²) in [5.41, 5.74) is 5.60. The Morgan fingerprint density at radius 1 is 0.944 bits per heavy atom. The van der Waals surface area contributed by atoms with E-state index in [1.165, 1.54) is 11.8 Å². The molecule has 3 amide bonds. The third kappa shape index (κ3) is 20.0. The number of ketones is 1. The molecule has 1 aromatic carbocycles. The number of Topliss-reactive ketones (excluding diaryl/α,β-unsaturated/α-hetero) is 1. The standard InChI is InChI=1S/C49H73N7O14S/c1-8-49(7,25-36(57)47(2,3)4)69-29-48(5,6)68-21-19-37(58)53-35(28-71-27-33-15-17-39(60)70-33)43(62)51-20-22-66-23-24-67-38(59)18-16-34(45(64)65)54-42(61)31-12-9-30(10-13-31)11-14-32-26-52-41-40(32)44(63)56-46(50)55-41/h9-10,12-13,26,33-35,39,60H,8,11,14-25,27-29H2,1-7H3,(H,51,62)(H,53,58)(H,54,61)(H,64,65)(H4,50,52,55,56,63). The lowest BCUT2D eigenvalue weighted by molar-refractivity contribution is -0.148. The number of thioether (sulfide) groups is 1. The number of aliphatic carboxylic acids is 1. The lowest BCUT2D eigenvalue weighted by Gasteiger charge is -2.35. The highest BCUT2D eigenvalue weighted by Gasteiger charge is 2.34. The number of amides is 3. The summed E-state index contributed by atoms with van der Waals surface area (Å²) in [6, 6.07) is 4.32. The fraction of sp³-hybridized carbons (Fsp3) is 0.633. The Bertz CT molecular complexity index is 2310. The summed E-state index contributed by atoms with van der Waals surface area (Å²) < 4.78 is 28.4. The molecule has 0 radical (unpaired) electrons. The molecule has 394 valence electrons. The van der Waals surface area contributed by atoms with Gasteiger partial charge < -0.3 is 60.6 Å². The molecule has 21 nitrogen and oxygen atoms in total. The number of nitrogens with one attached hydrogen (secondary N) is 5. The number of nitrogen functional groups attached to an aromatic ring is 1. The van der Waals surface area contributed by atoms with Gasteiger partial charge in [0.1, 0.15) is 30.1 Å². The number of carbonyl (C=O) groups is 6. The van der Waals surface area contributed by atoms with Gasteiger partial charge in [-0.2, -0.15) is 16.7 Å². The number of carbonyl (C=O) groups excluding carboxylic acids is 5. The van der Waals surface area contributed by atoms with Crippen LogP contribution in [0.2, 0.25) is 0 Å². The Labute approximate surface area is 418 Å². The Morgan fingerprint density at radius 3 is 2.34 bits per heavy atom. The van der Waals surface area contributed by atoms with Gasteiger partial charge in [0.2, 0.25) is 17.8 Å². The minimum atomic E-state index is -1.36. The number of esters is 1. The number of fused-ring (bicyclic) bond motifs is 1. The molecule has 2 aromatic heterocycles. The summed E-state index contributed by atoms with van der Waals surface area (Å²) >= 11 is 1.41. The molecule has 5 unspecified atom stereocenters. The lowest BCUT2D eigenvalue weighted by atomic mass is 9.83. The topological polar surface area (TPSA) is 313 Å². The molecule has 3 heterocycles. The van der Waals surface area contributed by atoms with E-state index < -0.39 is 64.7 Å². The quantitative estimate of drug-likeness (QED) is 0.0338. The number of nitrogens with zero attached hydrogens (tertiary/aromatic N) is 1. The van der Waals surface area contributed by atoms with E-state index >= 15 is 0 Å². The maximum absolute atomic E-state index is 13.3. The predicted molar refractivity (Wildman–Crippen MR) is 266 cm³/mol. The molecule has 5 atom stereocenters. The molecular weight excluding hydrogens is 943 g/mol. The van der Waals surface area contributed by atoms with Crippen LogP contribution in [0.3, 0.4) is 0 Å². The number of benzene rings is 1. The average Bonchev–Trinajstić information content (AvgIpc) is 3.92. The Balaban J connectivity index is 1.13. The SMILES string of the molecule is CCC(C)(CC(=O)C(C)(C)C)OCC(C)(C)OCCC(=O)NC(CSCC1CCC(O)O1)C(=O)NCCOCCOC(=O)CCC(NC(=O)c1ccc(CCc2c[nH]c3nc(N)[nH]c(=O)c23)cc1)C(=O)O. The highest BCUT2D eigenvalue weighted by atomic mass is 32.2. The second kappa shape index (κ2) is 27.4. The fourth-order valence-corrected chi connectivity index (χ4v) is 8.32. The fourth-order valence-electron chi connectivity index (χ4n) is 7.21. The van der Waals surface area contributed by atoms with Crippen LogP contribution in [0.25, 0.3) is 11.0 Å². The molecule has 22 heteroatoms. The van der Waals surface area contributed by atoms with Crippen LogP contribution in [0.15, 0.2) is 35.3 Å². The van der Waals surface area contributed by atoms with Crippen molar-refractivity contribution in [3.8, 4) is 0 Å². The number of aryl methyl sites for hydroxylation is 2. The predicted octanol–water partition coefficient (Wildman–Crippen LogP) is 3.35. The van der Waals surface area contributed by atoms with Gasteiger partial charge in [-0.05, 0) is 76.1 Å². The van der Waals surface area contributed by atoms with Gasteiger partial charge >= 0.3 is 11.9 Å². The molecule has 1 saturated heterocycles. The number of aliphatic hydroxyl groups excluding tert-OH is 1. The first kappa shape index (κ1) is 58.2. The second-order valence-electron chi connectivity index (χ2n) is 19.5. The van der Waals surface area contributed by atoms with Crippen molar-refractivity contribution < 1.29 is 62.7 Å². The summed E-state index contributed by atoms with van der Waals surface area (Å²) in [7, 11) is 0. The minimum absolute atomic E-state index is 0.0121. The highest BCUT2D eigenvalue weighted by Crippen LogP contribution is 2.29. The lowest BCUT2D eigenvalue weighted by Crippen LogP contribution is -2.49. The van der Waals surface area contributed by atoms with Crippen LogP contribution in [0, 0.1) is 5.41 Å². The number of carboxylic acid groups (broad SMARTS) is 1. The van der Waals surface area contributed by atoms with E-state index in [0.29, 0.717) is 48.9 Å². The van der Waals surface area contributed by atoms with Crippen molar-refractivity contribution in [2.75, 3.05) is 56.8 Å². The van der Waals surface area contributed by atoms with Crippen molar-refractivity contribution in [2.24, 2.45) is 5.41 Å². The van der Waals surface area contributed by atoms with E-state index in [-0.39, 0.29) is 100.0 Å². The summed E-state index contributed by atoms with van der Waals surface area (Å²) in [6.07, 6.45) is 3.34. The highest BCUT2D eigenvalue weighted by molar-refractivity contribution is 7.99. The normalized spacial score (nSPS) is 16.7. The van der Waals surface area contributed by atoms with Gasteiger partial charge in [-0.1, -0.05) is 39.8 Å². The Hall–Kier alpha value is -5.39. The van der Waals surface area contributed by atoms with E-state index in [1.807, 2.05) is 48.5 Å². The van der Waals surface area contributed by atoms with Crippen molar-refractivity contribution in [1.29, 1.82) is 0 Å². The van der Waals surface area contributed by atoms with Crippen LogP contribution in [-0.2, 0) is 60.5 Å². The third-order valence-corrected chi connectivity index (χ3v) is 13.0. The van der Waals surface area contributed by atoms with Gasteiger partial charge in [-0.3, -0.25) is 33.8 Å². The van der Waals surface area contributed by atoms with E-state index in [2.05, 4.69) is 30.9 Å². The molecule has 1 aliphatic rings. The van der Waals surface area contributed by atoms with E-state index in [4.69, 9.17) is 29.4 Å². The molecule has 0 aliphatic carbocycles. The van der Waals surface area contributed by atoms with Crippen LogP contribution < -0.4 is 27.2 Å². The zero-order valence-electron chi connectivity index (χ0n) is 41.9. The van der Waals surface area contributed by atoms with Crippen LogP contribution >= 0.6 is 11.8 Å². The largest absolute Gasteiger partial charge is 0.480 e. The Morgan fingerprint density at radius 2 is 1.68 bits per heavy atom. The number of aromatic amines is 2. The molecule has 4 rings (SSSR count). The molecule has 0 spiro atoms. The van der Waals surface area contributed by atoms with E-state index in [9.17, 15) is 43.8 Å². The van der Waals surface area contributed by atoms with Gasteiger partial charge in [0.05, 0.1) is 55.5 Å². The summed E-state index contributed by atoms with van der Waals surface area (Å²) in [5, 5.41) is 27.9. The molecule has 3 aromatic rings. The van der Waals surface area contributed by atoms with Crippen molar-refractivity contribution >= 4 is 64.2 Å². The van der Waals surface area contributed by atoms with Crippen LogP contribution in [0.4, 0.5) is 5.95 Å².